The minimum atomic E-state index is -0.253. The first-order valence-corrected chi connectivity index (χ1v) is 7.53. The second-order valence-electron chi connectivity index (χ2n) is 7.17. The van der Waals surface area contributed by atoms with Crippen molar-refractivity contribution in [1.29, 1.82) is 0 Å². The fraction of sp³-hybridized carbons (Fsp3) is 0.647. The smallest absolute Gasteiger partial charge is 0.124 e. The minimum Gasteiger partial charge on any atom is -0.489 e. The van der Waals surface area contributed by atoms with Crippen LogP contribution in [0, 0.1) is 22.6 Å². The molecule has 2 aliphatic carbocycles. The normalized spacial score (nSPS) is 34.5. The summed E-state index contributed by atoms with van der Waals surface area (Å²) in [7, 11) is 0. The fourth-order valence-electron chi connectivity index (χ4n) is 4.28. The third-order valence-corrected chi connectivity index (χ3v) is 6.23. The number of rotatable bonds is 3. The molecule has 0 aliphatic heterocycles. The standard InChI is InChI=1S/C17H24FNO/c1-16(2)12-6-7-17(16,3)15(9-12)20-14-5-4-13(18)8-11(14)10-19/h4-5,8,12,15H,6-7,9-10,19H2,1-3H3. The molecule has 0 radical (unpaired) electrons. The highest BCUT2D eigenvalue weighted by atomic mass is 19.1. The topological polar surface area (TPSA) is 35.2 Å². The summed E-state index contributed by atoms with van der Waals surface area (Å²) >= 11 is 0. The molecule has 2 saturated carbocycles. The van der Waals surface area contributed by atoms with Crippen LogP contribution in [0.1, 0.15) is 45.6 Å². The van der Waals surface area contributed by atoms with Crippen molar-refractivity contribution in [3.63, 3.8) is 0 Å². The molecule has 2 aliphatic rings. The monoisotopic (exact) mass is 277 g/mol. The Balaban J connectivity index is 1.87. The molecular weight excluding hydrogens is 253 g/mol. The van der Waals surface area contributed by atoms with Crippen LogP contribution in [0.25, 0.3) is 0 Å². The number of halogens is 1. The lowest BCUT2D eigenvalue weighted by atomic mass is 9.70. The van der Waals surface area contributed by atoms with E-state index in [-0.39, 0.29) is 17.3 Å². The summed E-state index contributed by atoms with van der Waals surface area (Å²) in [5.74, 6) is 1.24. The number of hydrogen-bond donors (Lipinski definition) is 1. The van der Waals surface area contributed by atoms with E-state index >= 15 is 0 Å². The number of nitrogens with two attached hydrogens (primary N) is 1. The zero-order valence-electron chi connectivity index (χ0n) is 12.6. The van der Waals surface area contributed by atoms with Gasteiger partial charge in [0.15, 0.2) is 0 Å². The van der Waals surface area contributed by atoms with Gasteiger partial charge < -0.3 is 10.5 Å². The molecule has 20 heavy (non-hydrogen) atoms. The van der Waals surface area contributed by atoms with Crippen LogP contribution in [0.3, 0.4) is 0 Å². The molecule has 110 valence electrons. The lowest BCUT2D eigenvalue weighted by molar-refractivity contribution is 0.0295. The van der Waals surface area contributed by atoms with Gasteiger partial charge in [0.2, 0.25) is 0 Å². The molecule has 0 aromatic heterocycles. The average molecular weight is 277 g/mol. The summed E-state index contributed by atoms with van der Waals surface area (Å²) in [4.78, 5) is 0. The first kappa shape index (κ1) is 13.9. The van der Waals surface area contributed by atoms with Crippen LogP contribution >= 0.6 is 0 Å². The van der Waals surface area contributed by atoms with E-state index in [1.807, 2.05) is 0 Å². The predicted molar refractivity (Wildman–Crippen MR) is 77.9 cm³/mol. The molecule has 3 atom stereocenters. The van der Waals surface area contributed by atoms with Gasteiger partial charge in [-0.05, 0) is 48.8 Å². The summed E-state index contributed by atoms with van der Waals surface area (Å²) < 4.78 is 19.6. The predicted octanol–water partition coefficient (Wildman–Crippen LogP) is 3.88. The number of ether oxygens (including phenoxy) is 1. The summed E-state index contributed by atoms with van der Waals surface area (Å²) in [5, 5.41) is 0. The molecule has 0 spiro atoms. The van der Waals surface area contributed by atoms with E-state index in [1.165, 1.54) is 25.0 Å². The van der Waals surface area contributed by atoms with E-state index in [0.29, 0.717) is 12.0 Å². The van der Waals surface area contributed by atoms with Crippen LogP contribution in [-0.4, -0.2) is 6.10 Å². The summed E-state index contributed by atoms with van der Waals surface area (Å²) in [5.41, 5.74) is 6.99. The molecule has 3 heteroatoms. The molecule has 2 bridgehead atoms. The number of benzene rings is 1. The minimum absolute atomic E-state index is 0.206. The van der Waals surface area contributed by atoms with Crippen LogP contribution in [0.15, 0.2) is 18.2 Å². The van der Waals surface area contributed by atoms with Gasteiger partial charge in [-0.2, -0.15) is 0 Å². The van der Waals surface area contributed by atoms with Gasteiger partial charge in [-0.25, -0.2) is 4.39 Å². The maximum atomic E-state index is 13.3. The highest BCUT2D eigenvalue weighted by Gasteiger charge is 2.62. The van der Waals surface area contributed by atoms with E-state index in [4.69, 9.17) is 10.5 Å². The fourth-order valence-corrected chi connectivity index (χ4v) is 4.28. The first-order valence-electron chi connectivity index (χ1n) is 7.53. The second kappa shape index (κ2) is 4.45. The third-order valence-electron chi connectivity index (χ3n) is 6.23. The van der Waals surface area contributed by atoms with Crippen molar-refractivity contribution in [3.05, 3.63) is 29.6 Å². The van der Waals surface area contributed by atoms with Crippen LogP contribution in [0.2, 0.25) is 0 Å². The molecule has 2 fully saturated rings. The highest BCUT2D eigenvalue weighted by Crippen LogP contribution is 2.66. The molecule has 3 unspecified atom stereocenters. The van der Waals surface area contributed by atoms with Crippen LogP contribution in [0.5, 0.6) is 5.75 Å². The Labute approximate surface area is 120 Å². The number of hydrogen-bond acceptors (Lipinski definition) is 2. The Hall–Kier alpha value is -1.09. The Morgan fingerprint density at radius 3 is 2.65 bits per heavy atom. The Kier molecular flexibility index (Phi) is 3.09. The largest absolute Gasteiger partial charge is 0.489 e. The van der Waals surface area contributed by atoms with Crippen LogP contribution in [0.4, 0.5) is 4.39 Å². The molecule has 0 saturated heterocycles. The van der Waals surface area contributed by atoms with Crippen molar-refractivity contribution < 1.29 is 9.13 Å². The van der Waals surface area contributed by atoms with Gasteiger partial charge in [0.05, 0.1) is 0 Å². The maximum Gasteiger partial charge on any atom is 0.124 e. The Morgan fingerprint density at radius 1 is 1.35 bits per heavy atom. The molecule has 0 amide bonds. The van der Waals surface area contributed by atoms with Gasteiger partial charge in [-0.3, -0.25) is 0 Å². The summed E-state index contributed by atoms with van der Waals surface area (Å²) in [6.45, 7) is 7.38. The van der Waals surface area contributed by atoms with Gasteiger partial charge in [0.25, 0.3) is 0 Å². The van der Waals surface area contributed by atoms with Crippen molar-refractivity contribution in [2.75, 3.05) is 0 Å². The van der Waals surface area contributed by atoms with Gasteiger partial charge in [0, 0.05) is 17.5 Å². The van der Waals surface area contributed by atoms with Gasteiger partial charge in [0.1, 0.15) is 17.7 Å². The van der Waals surface area contributed by atoms with Crippen molar-refractivity contribution in [2.45, 2.75) is 52.7 Å². The zero-order valence-corrected chi connectivity index (χ0v) is 12.6. The molecule has 1 aromatic carbocycles. The highest BCUT2D eigenvalue weighted by molar-refractivity contribution is 5.34. The molecular formula is C17H24FNO. The average Bonchev–Trinajstić information content (AvgIpc) is 2.74. The van der Waals surface area contributed by atoms with Crippen molar-refractivity contribution in [3.8, 4) is 5.75 Å². The Morgan fingerprint density at radius 2 is 2.10 bits per heavy atom. The lowest BCUT2D eigenvalue weighted by Crippen LogP contribution is -2.39. The first-order chi connectivity index (χ1) is 9.38. The SMILES string of the molecule is CC1(C)C2CCC1(C)C(Oc1ccc(F)cc1CN)C2. The van der Waals surface area contributed by atoms with E-state index in [1.54, 1.807) is 6.07 Å². The van der Waals surface area contributed by atoms with Crippen molar-refractivity contribution in [1.82, 2.24) is 0 Å². The van der Waals surface area contributed by atoms with Crippen molar-refractivity contribution >= 4 is 0 Å². The summed E-state index contributed by atoms with van der Waals surface area (Å²) in [6, 6.07) is 4.66. The van der Waals surface area contributed by atoms with E-state index in [0.717, 1.165) is 23.7 Å². The molecule has 1 aromatic rings. The molecule has 2 N–H and O–H groups in total. The number of fused-ring (bicyclic) bond motifs is 2. The molecule has 0 heterocycles. The molecule has 3 rings (SSSR count). The molecule has 2 nitrogen and oxygen atoms in total. The second-order valence-corrected chi connectivity index (χ2v) is 7.17. The Bertz CT molecular complexity index is 528. The summed E-state index contributed by atoms with van der Waals surface area (Å²) in [6.07, 6.45) is 3.84. The van der Waals surface area contributed by atoms with Gasteiger partial charge in [-0.15, -0.1) is 0 Å². The van der Waals surface area contributed by atoms with Crippen molar-refractivity contribution in [2.24, 2.45) is 22.5 Å². The van der Waals surface area contributed by atoms with E-state index < -0.39 is 0 Å². The van der Waals surface area contributed by atoms with Gasteiger partial charge in [-0.1, -0.05) is 20.8 Å². The maximum absolute atomic E-state index is 13.3. The lowest BCUT2D eigenvalue weighted by Gasteiger charge is -2.39. The van der Waals surface area contributed by atoms with E-state index in [2.05, 4.69) is 20.8 Å². The van der Waals surface area contributed by atoms with E-state index in [9.17, 15) is 4.39 Å². The van der Waals surface area contributed by atoms with Crippen LogP contribution < -0.4 is 10.5 Å². The zero-order chi connectivity index (χ0) is 14.5. The van der Waals surface area contributed by atoms with Gasteiger partial charge >= 0.3 is 0 Å². The van der Waals surface area contributed by atoms with Crippen LogP contribution in [-0.2, 0) is 6.54 Å². The quantitative estimate of drug-likeness (QED) is 0.910. The third kappa shape index (κ3) is 1.79.